The Balaban J connectivity index is 0.931. The topological polar surface area (TPSA) is 6.48 Å². The van der Waals surface area contributed by atoms with Crippen LogP contribution in [0.2, 0.25) is 0 Å². The molecule has 0 aromatic heterocycles. The molecule has 0 spiro atoms. The third kappa shape index (κ3) is 4.91. The summed E-state index contributed by atoms with van der Waals surface area (Å²) in [5.41, 5.74) is 3.70. The summed E-state index contributed by atoms with van der Waals surface area (Å²) in [6, 6.07) is 3.74. The van der Waals surface area contributed by atoms with E-state index in [1.165, 1.54) is 116 Å². The third-order valence-electron chi connectivity index (χ3n) is 14.7. The highest BCUT2D eigenvalue weighted by Gasteiger charge is 2.54. The van der Waals surface area contributed by atoms with Crippen LogP contribution in [-0.4, -0.2) is 40.0 Å². The fourth-order valence-corrected chi connectivity index (χ4v) is 12.8. The Morgan fingerprint density at radius 3 is 2.41 bits per heavy atom. The first-order valence-corrected chi connectivity index (χ1v) is 19.4. The minimum Gasteiger partial charge on any atom is -0.368 e. The van der Waals surface area contributed by atoms with Crippen LogP contribution in [0.1, 0.15) is 116 Å². The average molecular weight is 591 g/mol. The molecule has 236 valence electrons. The van der Waals surface area contributed by atoms with Gasteiger partial charge < -0.3 is 4.90 Å². The molecular formula is C42H58N2. The molecule has 2 nitrogen and oxygen atoms in total. The number of hydrogen-bond acceptors (Lipinski definition) is 2. The molecule has 0 aromatic rings. The second kappa shape index (κ2) is 12.1. The van der Waals surface area contributed by atoms with Gasteiger partial charge >= 0.3 is 0 Å². The van der Waals surface area contributed by atoms with Crippen LogP contribution >= 0.6 is 0 Å². The smallest absolute Gasteiger partial charge is 0.0359 e. The third-order valence-corrected chi connectivity index (χ3v) is 14.7. The molecule has 12 atom stereocenters. The molecule has 0 radical (unpaired) electrons. The molecule has 0 amide bonds. The molecule has 2 heterocycles. The number of nitrogens with zero attached hydrogens (tertiary/aromatic N) is 2. The van der Waals surface area contributed by atoms with Gasteiger partial charge in [0.2, 0.25) is 0 Å². The van der Waals surface area contributed by atoms with E-state index in [0.29, 0.717) is 12.1 Å². The van der Waals surface area contributed by atoms with Crippen molar-refractivity contribution in [2.24, 2.45) is 41.4 Å². The molecule has 0 N–H and O–H groups in total. The summed E-state index contributed by atoms with van der Waals surface area (Å²) in [6.07, 6.45) is 50.5. The SMILES string of the molecule is C1=CCC(N2C3C=CCCC3C3CC(C4=CC5C6CCCCC6N(C6=CCC(C7CC=CCC7)CC6)C5CC4)CCC32)C=C1. The Hall–Kier alpha value is -1.80. The van der Waals surface area contributed by atoms with Gasteiger partial charge in [0.05, 0.1) is 0 Å². The van der Waals surface area contributed by atoms with Gasteiger partial charge in [0.25, 0.3) is 0 Å². The minimum atomic E-state index is 0.619. The van der Waals surface area contributed by atoms with Gasteiger partial charge in [-0.3, -0.25) is 4.90 Å². The predicted molar refractivity (Wildman–Crippen MR) is 183 cm³/mol. The quantitative estimate of drug-likeness (QED) is 0.301. The molecule has 9 rings (SSSR count). The van der Waals surface area contributed by atoms with Crippen molar-refractivity contribution in [3.63, 3.8) is 0 Å². The van der Waals surface area contributed by atoms with E-state index in [1.807, 2.05) is 5.57 Å². The van der Waals surface area contributed by atoms with Crippen LogP contribution in [-0.2, 0) is 0 Å². The van der Waals surface area contributed by atoms with Crippen molar-refractivity contribution in [3.8, 4) is 0 Å². The van der Waals surface area contributed by atoms with Gasteiger partial charge in [-0.15, -0.1) is 0 Å². The lowest BCUT2D eigenvalue weighted by molar-refractivity contribution is 0.120. The number of allylic oxidation sites excluding steroid dienone is 8. The van der Waals surface area contributed by atoms with E-state index in [1.54, 1.807) is 5.70 Å². The van der Waals surface area contributed by atoms with Crippen molar-refractivity contribution < 1.29 is 0 Å². The van der Waals surface area contributed by atoms with Crippen LogP contribution in [0.4, 0.5) is 0 Å². The molecule has 0 aromatic carbocycles. The molecule has 44 heavy (non-hydrogen) atoms. The molecule has 2 heteroatoms. The van der Waals surface area contributed by atoms with Crippen LogP contribution in [0.25, 0.3) is 0 Å². The van der Waals surface area contributed by atoms with Crippen molar-refractivity contribution in [3.05, 3.63) is 72.0 Å². The minimum absolute atomic E-state index is 0.619. The zero-order chi connectivity index (χ0) is 29.0. The number of fused-ring (bicyclic) bond motifs is 6. The highest BCUT2D eigenvalue weighted by molar-refractivity contribution is 5.27. The second-order valence-electron chi connectivity index (χ2n) is 16.6. The molecule has 9 aliphatic rings. The number of hydrogen-bond donors (Lipinski definition) is 0. The summed E-state index contributed by atoms with van der Waals surface area (Å²) in [5, 5.41) is 0. The molecule has 2 saturated heterocycles. The van der Waals surface area contributed by atoms with Gasteiger partial charge in [-0.05, 0) is 138 Å². The maximum Gasteiger partial charge on any atom is 0.0359 e. The van der Waals surface area contributed by atoms with Crippen LogP contribution in [0.5, 0.6) is 0 Å². The summed E-state index contributed by atoms with van der Waals surface area (Å²) >= 11 is 0. The van der Waals surface area contributed by atoms with Crippen molar-refractivity contribution in [1.82, 2.24) is 9.80 Å². The van der Waals surface area contributed by atoms with Gasteiger partial charge in [0, 0.05) is 41.8 Å². The van der Waals surface area contributed by atoms with E-state index in [2.05, 4.69) is 70.6 Å². The average Bonchev–Trinajstić information content (AvgIpc) is 3.61. The standard InChI is InChI=1S/C42H58N2/c1-3-11-29(12-4-1)30-19-23-34(24-20-30)44-40-18-10-8-16-36(40)38-28-32(22-26-42(38)44)31-21-25-41-37(27-31)35-15-7-9-17-39(35)43(41)33-13-5-2-6-14-33/h1-3,5-6,9,13,17,23,28-31,33,35-42H,4,7-8,10-12,14-16,18-22,24-27H2. The van der Waals surface area contributed by atoms with E-state index in [9.17, 15) is 0 Å². The van der Waals surface area contributed by atoms with E-state index in [4.69, 9.17) is 0 Å². The Labute approximate surface area is 268 Å². The van der Waals surface area contributed by atoms with E-state index >= 15 is 0 Å². The first kappa shape index (κ1) is 28.4. The summed E-state index contributed by atoms with van der Waals surface area (Å²) in [7, 11) is 0. The van der Waals surface area contributed by atoms with Crippen molar-refractivity contribution >= 4 is 0 Å². The van der Waals surface area contributed by atoms with Crippen molar-refractivity contribution in [2.45, 2.75) is 146 Å². The first-order valence-electron chi connectivity index (χ1n) is 19.4. The second-order valence-corrected chi connectivity index (χ2v) is 16.6. The fraction of sp³-hybridized carbons (Fsp3) is 0.714. The monoisotopic (exact) mass is 590 g/mol. The van der Waals surface area contributed by atoms with Crippen LogP contribution in [0.15, 0.2) is 72.0 Å². The van der Waals surface area contributed by atoms with Gasteiger partial charge in [0.1, 0.15) is 0 Å². The van der Waals surface area contributed by atoms with E-state index in [0.717, 1.165) is 59.6 Å². The first-order chi connectivity index (χ1) is 21.8. The Kier molecular flexibility index (Phi) is 7.81. The van der Waals surface area contributed by atoms with E-state index in [-0.39, 0.29) is 0 Å². The molecule has 2 saturated carbocycles. The Bertz CT molecular complexity index is 1250. The summed E-state index contributed by atoms with van der Waals surface area (Å²) in [6.45, 7) is 0. The maximum atomic E-state index is 3.09. The zero-order valence-electron chi connectivity index (χ0n) is 27.3. The lowest BCUT2D eigenvalue weighted by Gasteiger charge is -2.43. The van der Waals surface area contributed by atoms with Crippen LogP contribution in [0.3, 0.4) is 0 Å². The Morgan fingerprint density at radius 2 is 1.55 bits per heavy atom. The Morgan fingerprint density at radius 1 is 0.614 bits per heavy atom. The lowest BCUT2D eigenvalue weighted by atomic mass is 9.66. The highest BCUT2D eigenvalue weighted by atomic mass is 15.3. The van der Waals surface area contributed by atoms with Gasteiger partial charge in [-0.25, -0.2) is 0 Å². The molecule has 7 aliphatic carbocycles. The maximum absolute atomic E-state index is 3.09. The number of rotatable bonds is 4. The molecule has 12 unspecified atom stereocenters. The van der Waals surface area contributed by atoms with E-state index < -0.39 is 0 Å². The fourth-order valence-electron chi connectivity index (χ4n) is 12.8. The lowest BCUT2D eigenvalue weighted by Crippen LogP contribution is -2.46. The highest BCUT2D eigenvalue weighted by Crippen LogP contribution is 2.55. The normalized spacial score (nSPS) is 46.6. The molecule has 2 aliphatic heterocycles. The molecular weight excluding hydrogens is 532 g/mol. The molecule has 0 bridgehead atoms. The zero-order valence-corrected chi connectivity index (χ0v) is 27.3. The number of likely N-dealkylation sites (tertiary alicyclic amines) is 2. The van der Waals surface area contributed by atoms with Gasteiger partial charge in [0.15, 0.2) is 0 Å². The summed E-state index contributed by atoms with van der Waals surface area (Å²) < 4.78 is 0. The molecule has 4 fully saturated rings. The van der Waals surface area contributed by atoms with Crippen LogP contribution < -0.4 is 0 Å². The van der Waals surface area contributed by atoms with Crippen molar-refractivity contribution in [2.75, 3.05) is 0 Å². The largest absolute Gasteiger partial charge is 0.368 e. The van der Waals surface area contributed by atoms with Gasteiger partial charge in [-0.1, -0.05) is 79.2 Å². The summed E-state index contributed by atoms with van der Waals surface area (Å²) in [5.74, 6) is 6.29. The predicted octanol–water partition coefficient (Wildman–Crippen LogP) is 9.93. The van der Waals surface area contributed by atoms with Gasteiger partial charge in [-0.2, -0.15) is 0 Å². The van der Waals surface area contributed by atoms with Crippen LogP contribution in [0, 0.1) is 41.4 Å². The van der Waals surface area contributed by atoms with Crippen molar-refractivity contribution in [1.29, 1.82) is 0 Å². The summed E-state index contributed by atoms with van der Waals surface area (Å²) in [4.78, 5) is 6.09.